The third-order valence-electron chi connectivity index (χ3n) is 2.81. The van der Waals surface area contributed by atoms with Crippen molar-refractivity contribution in [1.29, 1.82) is 0 Å². The molecule has 0 bridgehead atoms. The van der Waals surface area contributed by atoms with Crippen LogP contribution in [-0.2, 0) is 4.74 Å². The summed E-state index contributed by atoms with van der Waals surface area (Å²) in [6.45, 7) is 7.87. The summed E-state index contributed by atoms with van der Waals surface area (Å²) < 4.78 is 10.8. The van der Waals surface area contributed by atoms with Crippen LogP contribution in [0.25, 0.3) is 11.3 Å². The standard InChI is InChI=1S/C18H22N2O3/c1-5-22-14-11-15(13-9-7-6-8-10-13)19-16(12-14)20-17(21)23-18(2,3)4/h6-12H,5H2,1-4H3,(H,19,20,21). The Morgan fingerprint density at radius 3 is 2.48 bits per heavy atom. The Morgan fingerprint density at radius 2 is 1.87 bits per heavy atom. The maximum Gasteiger partial charge on any atom is 0.413 e. The number of hydrogen-bond acceptors (Lipinski definition) is 4. The van der Waals surface area contributed by atoms with E-state index < -0.39 is 11.7 Å². The lowest BCUT2D eigenvalue weighted by atomic mass is 10.1. The number of carbonyl (C=O) groups is 1. The van der Waals surface area contributed by atoms with Gasteiger partial charge in [0, 0.05) is 17.7 Å². The number of benzene rings is 1. The van der Waals surface area contributed by atoms with Gasteiger partial charge in [-0.15, -0.1) is 0 Å². The van der Waals surface area contributed by atoms with Crippen molar-refractivity contribution >= 4 is 11.9 Å². The molecule has 0 saturated heterocycles. The van der Waals surface area contributed by atoms with Crippen molar-refractivity contribution in [2.75, 3.05) is 11.9 Å². The van der Waals surface area contributed by atoms with Gasteiger partial charge in [-0.2, -0.15) is 0 Å². The normalized spacial score (nSPS) is 11.0. The summed E-state index contributed by atoms with van der Waals surface area (Å²) in [6, 6.07) is 13.2. The Balaban J connectivity index is 2.28. The Hall–Kier alpha value is -2.56. The number of carbonyl (C=O) groups excluding carboxylic acids is 1. The summed E-state index contributed by atoms with van der Waals surface area (Å²) >= 11 is 0. The van der Waals surface area contributed by atoms with Crippen LogP contribution < -0.4 is 10.1 Å². The molecule has 0 unspecified atom stereocenters. The highest BCUT2D eigenvalue weighted by molar-refractivity contribution is 5.84. The third-order valence-corrected chi connectivity index (χ3v) is 2.81. The molecule has 5 heteroatoms. The molecule has 1 aromatic carbocycles. The first-order chi connectivity index (χ1) is 10.9. The minimum absolute atomic E-state index is 0.393. The summed E-state index contributed by atoms with van der Waals surface area (Å²) in [5.41, 5.74) is 1.10. The van der Waals surface area contributed by atoms with Gasteiger partial charge in [-0.05, 0) is 27.7 Å². The van der Waals surface area contributed by atoms with Crippen LogP contribution in [0.2, 0.25) is 0 Å². The van der Waals surface area contributed by atoms with Crippen LogP contribution in [0.5, 0.6) is 5.75 Å². The average molecular weight is 314 g/mol. The molecule has 0 aliphatic rings. The molecule has 0 aliphatic heterocycles. The number of ether oxygens (including phenoxy) is 2. The molecule has 122 valence electrons. The number of hydrogen-bond donors (Lipinski definition) is 1. The number of rotatable bonds is 4. The summed E-state index contributed by atoms with van der Waals surface area (Å²) in [4.78, 5) is 16.4. The van der Waals surface area contributed by atoms with Crippen LogP contribution in [0, 0.1) is 0 Å². The van der Waals surface area contributed by atoms with E-state index in [0.717, 1.165) is 11.3 Å². The van der Waals surface area contributed by atoms with Crippen molar-refractivity contribution in [2.24, 2.45) is 0 Å². The van der Waals surface area contributed by atoms with Gasteiger partial charge in [-0.1, -0.05) is 30.3 Å². The van der Waals surface area contributed by atoms with E-state index in [1.165, 1.54) is 0 Å². The maximum absolute atomic E-state index is 11.9. The third kappa shape index (κ3) is 5.29. The average Bonchev–Trinajstić information content (AvgIpc) is 2.46. The van der Waals surface area contributed by atoms with Gasteiger partial charge in [0.25, 0.3) is 0 Å². The largest absolute Gasteiger partial charge is 0.494 e. The number of nitrogens with zero attached hydrogens (tertiary/aromatic N) is 1. The zero-order valence-electron chi connectivity index (χ0n) is 13.9. The summed E-state index contributed by atoms with van der Waals surface area (Å²) in [5.74, 6) is 1.04. The molecule has 1 N–H and O–H groups in total. The summed E-state index contributed by atoms with van der Waals surface area (Å²) in [5, 5.41) is 2.66. The molecule has 0 spiro atoms. The SMILES string of the molecule is CCOc1cc(NC(=O)OC(C)(C)C)nc(-c2ccccc2)c1. The van der Waals surface area contributed by atoms with E-state index in [9.17, 15) is 4.79 Å². The molecule has 5 nitrogen and oxygen atoms in total. The molecule has 2 aromatic rings. The van der Waals surface area contributed by atoms with E-state index in [0.29, 0.717) is 18.2 Å². The van der Waals surface area contributed by atoms with E-state index in [2.05, 4.69) is 10.3 Å². The molecular formula is C18H22N2O3. The van der Waals surface area contributed by atoms with Crippen molar-refractivity contribution < 1.29 is 14.3 Å². The second kappa shape index (κ2) is 7.13. The quantitative estimate of drug-likeness (QED) is 0.903. The Labute approximate surface area is 136 Å². The Bertz CT molecular complexity index is 664. The van der Waals surface area contributed by atoms with Crippen molar-refractivity contribution in [3.05, 3.63) is 42.5 Å². The molecule has 23 heavy (non-hydrogen) atoms. The second-order valence-corrected chi connectivity index (χ2v) is 6.00. The molecule has 1 amide bonds. The molecule has 2 rings (SSSR count). The lowest BCUT2D eigenvalue weighted by Gasteiger charge is -2.19. The van der Waals surface area contributed by atoms with Gasteiger partial charge < -0.3 is 9.47 Å². The lowest BCUT2D eigenvalue weighted by molar-refractivity contribution is 0.0635. The fourth-order valence-electron chi connectivity index (χ4n) is 1.98. The van der Waals surface area contributed by atoms with Crippen molar-refractivity contribution in [3.63, 3.8) is 0 Å². The zero-order chi connectivity index (χ0) is 16.9. The van der Waals surface area contributed by atoms with E-state index in [1.54, 1.807) is 6.07 Å². The number of nitrogens with one attached hydrogen (secondary N) is 1. The van der Waals surface area contributed by atoms with Crippen LogP contribution in [0.1, 0.15) is 27.7 Å². The molecule has 0 atom stereocenters. The highest BCUT2D eigenvalue weighted by Crippen LogP contribution is 2.25. The first-order valence-electron chi connectivity index (χ1n) is 7.57. The molecule has 0 fully saturated rings. The van der Waals surface area contributed by atoms with E-state index in [-0.39, 0.29) is 0 Å². The molecule has 1 aromatic heterocycles. The predicted molar refractivity (Wildman–Crippen MR) is 90.7 cm³/mol. The van der Waals surface area contributed by atoms with Crippen molar-refractivity contribution in [1.82, 2.24) is 4.98 Å². The molecular weight excluding hydrogens is 292 g/mol. The smallest absolute Gasteiger partial charge is 0.413 e. The van der Waals surface area contributed by atoms with E-state index >= 15 is 0 Å². The molecule has 0 saturated carbocycles. The first-order valence-corrected chi connectivity index (χ1v) is 7.57. The first kappa shape index (κ1) is 16.8. The Kier molecular flexibility index (Phi) is 5.21. The number of amides is 1. The number of aromatic nitrogens is 1. The van der Waals surface area contributed by atoms with Gasteiger partial charge in [0.05, 0.1) is 12.3 Å². The van der Waals surface area contributed by atoms with Gasteiger partial charge in [-0.3, -0.25) is 5.32 Å². The van der Waals surface area contributed by atoms with Gasteiger partial charge >= 0.3 is 6.09 Å². The van der Waals surface area contributed by atoms with E-state index in [1.807, 2.05) is 64.1 Å². The van der Waals surface area contributed by atoms with Crippen LogP contribution in [0.3, 0.4) is 0 Å². The zero-order valence-corrected chi connectivity index (χ0v) is 13.9. The minimum Gasteiger partial charge on any atom is -0.494 e. The predicted octanol–water partition coefficient (Wildman–Crippen LogP) is 4.49. The maximum atomic E-state index is 11.9. The Morgan fingerprint density at radius 1 is 1.17 bits per heavy atom. The van der Waals surface area contributed by atoms with Gasteiger partial charge in [0.2, 0.25) is 0 Å². The fourth-order valence-corrected chi connectivity index (χ4v) is 1.98. The number of pyridine rings is 1. The van der Waals surface area contributed by atoms with Gasteiger partial charge in [0.15, 0.2) is 0 Å². The minimum atomic E-state index is -0.566. The highest BCUT2D eigenvalue weighted by Gasteiger charge is 2.17. The van der Waals surface area contributed by atoms with Crippen molar-refractivity contribution in [3.8, 4) is 17.0 Å². The van der Waals surface area contributed by atoms with Crippen LogP contribution >= 0.6 is 0 Å². The van der Waals surface area contributed by atoms with E-state index in [4.69, 9.17) is 9.47 Å². The summed E-state index contributed by atoms with van der Waals surface area (Å²) in [6.07, 6.45) is -0.544. The highest BCUT2D eigenvalue weighted by atomic mass is 16.6. The van der Waals surface area contributed by atoms with Crippen molar-refractivity contribution in [2.45, 2.75) is 33.3 Å². The second-order valence-electron chi connectivity index (χ2n) is 6.00. The summed E-state index contributed by atoms with van der Waals surface area (Å²) in [7, 11) is 0. The fraction of sp³-hybridized carbons (Fsp3) is 0.333. The van der Waals surface area contributed by atoms with Crippen LogP contribution in [-0.4, -0.2) is 23.3 Å². The topological polar surface area (TPSA) is 60.5 Å². The molecule has 0 radical (unpaired) electrons. The van der Waals surface area contributed by atoms with Crippen LogP contribution in [0.15, 0.2) is 42.5 Å². The van der Waals surface area contributed by atoms with Gasteiger partial charge in [-0.25, -0.2) is 9.78 Å². The lowest BCUT2D eigenvalue weighted by Crippen LogP contribution is -2.27. The number of anilines is 1. The molecule has 1 heterocycles. The molecule has 0 aliphatic carbocycles. The monoisotopic (exact) mass is 314 g/mol. The van der Waals surface area contributed by atoms with Gasteiger partial charge in [0.1, 0.15) is 17.2 Å². The van der Waals surface area contributed by atoms with Crippen LogP contribution in [0.4, 0.5) is 10.6 Å².